The van der Waals surface area contributed by atoms with Crippen LogP contribution >= 0.6 is 0 Å². The third kappa shape index (κ3) is 3.22. The molecule has 0 aromatic heterocycles. The highest BCUT2D eigenvalue weighted by atomic mass is 16.2. The Balaban J connectivity index is 2.05. The van der Waals surface area contributed by atoms with Crippen LogP contribution in [-0.4, -0.2) is 26.0 Å². The predicted molar refractivity (Wildman–Crippen MR) is 74.6 cm³/mol. The second-order valence-corrected chi connectivity index (χ2v) is 4.33. The Hall–Kier alpha value is -2.56. The second-order valence-electron chi connectivity index (χ2n) is 4.33. The zero-order valence-electron chi connectivity index (χ0n) is 10.8. The van der Waals surface area contributed by atoms with Crippen LogP contribution in [0.25, 0.3) is 6.08 Å². The van der Waals surface area contributed by atoms with Gasteiger partial charge in [0.15, 0.2) is 0 Å². The molecule has 3 amide bonds. The fourth-order valence-electron chi connectivity index (χ4n) is 1.64. The molecule has 2 rings (SSSR count). The van der Waals surface area contributed by atoms with Crippen LogP contribution in [0.4, 0.5) is 10.5 Å². The smallest absolute Gasteiger partial charge is 0.326 e. The average molecular weight is 257 g/mol. The minimum Gasteiger partial charge on any atom is -0.378 e. The zero-order chi connectivity index (χ0) is 13.8. The van der Waals surface area contributed by atoms with Gasteiger partial charge in [-0.25, -0.2) is 4.79 Å². The molecule has 0 atom stereocenters. The van der Waals surface area contributed by atoms with Crippen molar-refractivity contribution < 1.29 is 9.59 Å². The zero-order valence-corrected chi connectivity index (χ0v) is 10.8. The number of hydrogen-bond acceptors (Lipinski definition) is 3. The number of nitrogens with zero attached hydrogens (tertiary/aromatic N) is 1. The summed E-state index contributed by atoms with van der Waals surface area (Å²) in [5.74, 6) is -0.405. The molecule has 2 N–H and O–H groups in total. The topological polar surface area (TPSA) is 61.4 Å². The molecular weight excluding hydrogens is 242 g/mol. The number of carbonyl (C=O) groups is 2. The first-order valence-corrected chi connectivity index (χ1v) is 5.84. The molecule has 5 nitrogen and oxygen atoms in total. The number of imide groups is 1. The molecule has 1 aliphatic heterocycles. The van der Waals surface area contributed by atoms with Gasteiger partial charge in [-0.15, -0.1) is 0 Å². The van der Waals surface area contributed by atoms with Gasteiger partial charge in [0.2, 0.25) is 0 Å². The molecule has 1 fully saturated rings. The van der Waals surface area contributed by atoms with Crippen molar-refractivity contribution in [3.63, 3.8) is 0 Å². The van der Waals surface area contributed by atoms with Crippen molar-refractivity contribution in [3.05, 3.63) is 47.7 Å². The van der Waals surface area contributed by atoms with Crippen LogP contribution in [0.15, 0.2) is 42.1 Å². The monoisotopic (exact) mass is 257 g/mol. The Labute approximate surface area is 111 Å². The summed E-state index contributed by atoms with van der Waals surface area (Å²) in [5.41, 5.74) is 2.40. The summed E-state index contributed by atoms with van der Waals surface area (Å²) in [6.07, 6.45) is 5.16. The summed E-state index contributed by atoms with van der Waals surface area (Å²) in [4.78, 5) is 24.2. The summed E-state index contributed by atoms with van der Waals surface area (Å²) < 4.78 is 0. The van der Waals surface area contributed by atoms with E-state index in [-0.39, 0.29) is 5.70 Å². The summed E-state index contributed by atoms with van der Waals surface area (Å²) in [6, 6.07) is 7.50. The second kappa shape index (κ2) is 5.39. The van der Waals surface area contributed by atoms with E-state index >= 15 is 0 Å². The maximum absolute atomic E-state index is 11.2. The van der Waals surface area contributed by atoms with Gasteiger partial charge in [0, 0.05) is 19.8 Å². The van der Waals surface area contributed by atoms with Gasteiger partial charge in [-0.1, -0.05) is 24.3 Å². The maximum atomic E-state index is 11.2. The van der Waals surface area contributed by atoms with Gasteiger partial charge >= 0.3 is 6.03 Å². The molecule has 0 aliphatic carbocycles. The van der Waals surface area contributed by atoms with Crippen LogP contribution in [0.5, 0.6) is 0 Å². The first-order valence-electron chi connectivity index (χ1n) is 5.84. The van der Waals surface area contributed by atoms with E-state index in [9.17, 15) is 9.59 Å². The van der Waals surface area contributed by atoms with E-state index in [1.807, 2.05) is 49.3 Å². The predicted octanol–water partition coefficient (Wildman–Crippen LogP) is 1.49. The van der Waals surface area contributed by atoms with E-state index in [2.05, 4.69) is 10.6 Å². The molecule has 1 aromatic rings. The maximum Gasteiger partial charge on any atom is 0.326 e. The van der Waals surface area contributed by atoms with Crippen LogP contribution < -0.4 is 15.5 Å². The quantitative estimate of drug-likeness (QED) is 0.637. The Kier molecular flexibility index (Phi) is 3.66. The molecule has 1 aliphatic rings. The fraction of sp³-hybridized carbons (Fsp3) is 0.143. The molecule has 0 bridgehead atoms. The van der Waals surface area contributed by atoms with Crippen molar-refractivity contribution in [1.82, 2.24) is 10.6 Å². The number of rotatable bonds is 3. The van der Waals surface area contributed by atoms with E-state index in [0.29, 0.717) is 0 Å². The molecule has 1 heterocycles. The van der Waals surface area contributed by atoms with Crippen molar-refractivity contribution in [2.75, 3.05) is 19.0 Å². The van der Waals surface area contributed by atoms with Crippen LogP contribution in [-0.2, 0) is 4.79 Å². The van der Waals surface area contributed by atoms with Gasteiger partial charge < -0.3 is 10.2 Å². The Morgan fingerprint density at radius 1 is 1.05 bits per heavy atom. The number of urea groups is 1. The lowest BCUT2D eigenvalue weighted by Gasteiger charge is -2.11. The van der Waals surface area contributed by atoms with Gasteiger partial charge in [-0.3, -0.25) is 10.1 Å². The number of allylic oxidation sites excluding steroid dienone is 2. The first-order chi connectivity index (χ1) is 9.06. The number of nitrogens with one attached hydrogen (secondary N) is 2. The van der Waals surface area contributed by atoms with Crippen molar-refractivity contribution in [1.29, 1.82) is 0 Å². The van der Waals surface area contributed by atoms with E-state index < -0.39 is 11.9 Å². The highest BCUT2D eigenvalue weighted by molar-refractivity contribution is 6.11. The van der Waals surface area contributed by atoms with Gasteiger partial charge in [-0.2, -0.15) is 0 Å². The lowest BCUT2D eigenvalue weighted by atomic mass is 10.2. The summed E-state index contributed by atoms with van der Waals surface area (Å²) in [6.45, 7) is 0. The van der Waals surface area contributed by atoms with Crippen LogP contribution in [0.1, 0.15) is 5.56 Å². The van der Waals surface area contributed by atoms with E-state index in [0.717, 1.165) is 11.3 Å². The molecular formula is C14H15N3O2. The summed E-state index contributed by atoms with van der Waals surface area (Å²) >= 11 is 0. The molecule has 1 saturated heterocycles. The lowest BCUT2D eigenvalue weighted by Crippen LogP contribution is -2.22. The molecule has 5 heteroatoms. The van der Waals surface area contributed by atoms with E-state index in [4.69, 9.17) is 0 Å². The van der Waals surface area contributed by atoms with Crippen LogP contribution in [0.2, 0.25) is 0 Å². The molecule has 0 unspecified atom stereocenters. The number of hydrogen-bond donors (Lipinski definition) is 2. The van der Waals surface area contributed by atoms with Gasteiger partial charge in [0.1, 0.15) is 5.70 Å². The highest BCUT2D eigenvalue weighted by Gasteiger charge is 2.21. The van der Waals surface area contributed by atoms with Gasteiger partial charge in [0.25, 0.3) is 5.91 Å². The SMILES string of the molecule is CN(C)c1ccc(/C=C/C=C2/NC(=O)NC2=O)cc1. The third-order valence-electron chi connectivity index (χ3n) is 2.68. The lowest BCUT2D eigenvalue weighted by molar-refractivity contribution is -0.115. The highest BCUT2D eigenvalue weighted by Crippen LogP contribution is 2.13. The number of anilines is 1. The standard InChI is InChI=1S/C14H15N3O2/c1-17(2)11-8-6-10(7-9-11)4-3-5-12-13(18)16-14(19)15-12/h3-9H,1-2H3,(H2,15,16,18,19)/b4-3+,12-5+. The number of carbonyl (C=O) groups excluding carboxylic acids is 2. The molecule has 19 heavy (non-hydrogen) atoms. The Morgan fingerprint density at radius 2 is 1.74 bits per heavy atom. The largest absolute Gasteiger partial charge is 0.378 e. The van der Waals surface area contributed by atoms with Crippen molar-refractivity contribution in [3.8, 4) is 0 Å². The van der Waals surface area contributed by atoms with Crippen molar-refractivity contribution in [2.24, 2.45) is 0 Å². The van der Waals surface area contributed by atoms with Crippen LogP contribution in [0, 0.1) is 0 Å². The van der Waals surface area contributed by atoms with Crippen LogP contribution in [0.3, 0.4) is 0 Å². The van der Waals surface area contributed by atoms with Crippen molar-refractivity contribution >= 4 is 23.7 Å². The molecule has 1 aromatic carbocycles. The summed E-state index contributed by atoms with van der Waals surface area (Å²) in [7, 11) is 3.97. The molecule has 0 saturated carbocycles. The molecule has 98 valence electrons. The minimum atomic E-state index is -0.486. The molecule has 0 radical (unpaired) electrons. The minimum absolute atomic E-state index is 0.256. The van der Waals surface area contributed by atoms with E-state index in [1.54, 1.807) is 12.2 Å². The normalized spacial score (nSPS) is 16.8. The average Bonchev–Trinajstić information content (AvgIpc) is 2.68. The summed E-state index contributed by atoms with van der Waals surface area (Å²) in [5, 5.41) is 4.56. The first kappa shape index (κ1) is 12.9. The van der Waals surface area contributed by atoms with Gasteiger partial charge in [-0.05, 0) is 23.8 Å². The number of benzene rings is 1. The fourth-order valence-corrected chi connectivity index (χ4v) is 1.64. The van der Waals surface area contributed by atoms with Gasteiger partial charge in [0.05, 0.1) is 0 Å². The number of amides is 3. The Bertz CT molecular complexity index is 557. The van der Waals surface area contributed by atoms with E-state index in [1.165, 1.54) is 0 Å². The van der Waals surface area contributed by atoms with Crippen molar-refractivity contribution in [2.45, 2.75) is 0 Å². The third-order valence-corrected chi connectivity index (χ3v) is 2.68. The molecule has 0 spiro atoms. The Morgan fingerprint density at radius 3 is 2.26 bits per heavy atom.